The van der Waals surface area contributed by atoms with Gasteiger partial charge in [0, 0.05) is 5.92 Å². The number of amides is 2. The first kappa shape index (κ1) is 16.4. The van der Waals surface area contributed by atoms with E-state index in [0.29, 0.717) is 11.6 Å². The predicted octanol–water partition coefficient (Wildman–Crippen LogP) is 1.99. The number of hydrogen-bond acceptors (Lipinski definition) is 2. The number of carbonyl (C=O) groups excluding carboxylic acids is 2. The van der Waals surface area contributed by atoms with E-state index >= 15 is 0 Å². The van der Waals surface area contributed by atoms with Crippen LogP contribution in [0, 0.1) is 6.92 Å². The van der Waals surface area contributed by atoms with Crippen LogP contribution in [0.15, 0.2) is 54.6 Å². The lowest BCUT2D eigenvalue weighted by atomic mass is 10.0. The van der Waals surface area contributed by atoms with Crippen LogP contribution in [0.5, 0.6) is 0 Å². The van der Waals surface area contributed by atoms with E-state index in [9.17, 15) is 9.59 Å². The Morgan fingerprint density at radius 2 is 1.75 bits per heavy atom. The average molecular weight is 323 g/mol. The highest BCUT2D eigenvalue weighted by molar-refractivity contribution is 6.21. The summed E-state index contributed by atoms with van der Waals surface area (Å²) >= 11 is 0. The smallest absolute Gasteiger partial charge is 0.292 e. The fourth-order valence-corrected chi connectivity index (χ4v) is 3.09. The maximum absolute atomic E-state index is 12.6. The fraction of sp³-hybridized carbons (Fsp3) is 0.300. The number of hydrogen-bond donors (Lipinski definition) is 1. The molecule has 1 saturated heterocycles. The van der Waals surface area contributed by atoms with Crippen LogP contribution in [-0.2, 0) is 9.59 Å². The van der Waals surface area contributed by atoms with Crippen molar-refractivity contribution in [2.75, 3.05) is 11.4 Å². The van der Waals surface area contributed by atoms with Crippen molar-refractivity contribution in [3.63, 3.8) is 0 Å². The largest absolute Gasteiger partial charge is 0.335 e. The quantitative estimate of drug-likeness (QED) is 0.856. The lowest BCUT2D eigenvalue weighted by Gasteiger charge is -2.16. The average Bonchev–Trinajstić information content (AvgIpc) is 2.88. The van der Waals surface area contributed by atoms with E-state index in [0.717, 1.165) is 12.1 Å². The van der Waals surface area contributed by atoms with Gasteiger partial charge in [0.2, 0.25) is 5.91 Å². The summed E-state index contributed by atoms with van der Waals surface area (Å²) < 4.78 is 0. The molecule has 0 unspecified atom stereocenters. The summed E-state index contributed by atoms with van der Waals surface area (Å²) in [5.41, 5.74) is 3.03. The summed E-state index contributed by atoms with van der Waals surface area (Å²) in [6.45, 7) is 4.92. The molecule has 2 N–H and O–H groups in total. The molecule has 0 aromatic heterocycles. The Labute approximate surface area is 142 Å². The minimum absolute atomic E-state index is 0.107. The minimum Gasteiger partial charge on any atom is -0.335 e. The zero-order valence-electron chi connectivity index (χ0n) is 14.1. The number of quaternary nitrogens is 1. The van der Waals surface area contributed by atoms with Crippen LogP contribution in [0.4, 0.5) is 5.69 Å². The van der Waals surface area contributed by atoms with E-state index < -0.39 is 0 Å². The summed E-state index contributed by atoms with van der Waals surface area (Å²) in [6, 6.07) is 17.4. The molecule has 2 aromatic carbocycles. The van der Waals surface area contributed by atoms with Gasteiger partial charge < -0.3 is 5.32 Å². The molecule has 2 aromatic rings. The first-order valence-corrected chi connectivity index (χ1v) is 8.38. The first-order valence-electron chi connectivity index (χ1n) is 8.38. The molecule has 1 aliphatic heterocycles. The van der Waals surface area contributed by atoms with Gasteiger partial charge in [-0.05, 0) is 24.6 Å². The third-order valence-corrected chi connectivity index (χ3v) is 4.62. The molecule has 0 radical (unpaired) electrons. The monoisotopic (exact) mass is 323 g/mol. The van der Waals surface area contributed by atoms with Gasteiger partial charge in [-0.15, -0.1) is 0 Å². The molecular formula is C20H23N2O2+. The Hall–Kier alpha value is -2.46. The number of rotatable bonds is 5. The number of aryl methyl sites for hydroxylation is 1. The van der Waals surface area contributed by atoms with Gasteiger partial charge in [0.1, 0.15) is 0 Å². The van der Waals surface area contributed by atoms with E-state index in [1.54, 1.807) is 0 Å². The van der Waals surface area contributed by atoms with Crippen LogP contribution in [-0.4, -0.2) is 24.4 Å². The van der Waals surface area contributed by atoms with Crippen LogP contribution >= 0.6 is 0 Å². The van der Waals surface area contributed by atoms with Gasteiger partial charge in [-0.2, -0.15) is 0 Å². The maximum atomic E-state index is 12.6. The molecular weight excluding hydrogens is 300 g/mol. The second-order valence-electron chi connectivity index (χ2n) is 6.50. The zero-order valence-corrected chi connectivity index (χ0v) is 14.1. The number of nitrogens with zero attached hydrogens (tertiary/aromatic N) is 1. The molecule has 0 saturated carbocycles. The Morgan fingerprint density at radius 3 is 2.42 bits per heavy atom. The van der Waals surface area contributed by atoms with E-state index in [2.05, 4.69) is 19.1 Å². The molecule has 4 heteroatoms. The molecule has 1 fully saturated rings. The van der Waals surface area contributed by atoms with E-state index in [1.165, 1.54) is 10.5 Å². The van der Waals surface area contributed by atoms with Gasteiger partial charge in [0.25, 0.3) is 5.91 Å². The van der Waals surface area contributed by atoms with Crippen molar-refractivity contribution >= 4 is 17.5 Å². The lowest BCUT2D eigenvalue weighted by Crippen LogP contribution is -2.92. The van der Waals surface area contributed by atoms with Crippen LogP contribution in [0.3, 0.4) is 0 Å². The van der Waals surface area contributed by atoms with Gasteiger partial charge >= 0.3 is 0 Å². The van der Waals surface area contributed by atoms with Crippen molar-refractivity contribution in [2.24, 2.45) is 0 Å². The Balaban J connectivity index is 1.65. The molecule has 2 atom stereocenters. The molecule has 0 aliphatic carbocycles. The summed E-state index contributed by atoms with van der Waals surface area (Å²) in [6.07, 6.45) is 0.272. The van der Waals surface area contributed by atoms with Crippen LogP contribution in [0.25, 0.3) is 0 Å². The van der Waals surface area contributed by atoms with Crippen LogP contribution < -0.4 is 10.2 Å². The predicted molar refractivity (Wildman–Crippen MR) is 93.7 cm³/mol. The number of carbonyl (C=O) groups is 2. The standard InChI is InChI=1S/C20H22N2O2/c1-14-8-10-17(11-9-14)22-19(23)12-18(20(22)24)21-13-15(2)16-6-4-3-5-7-16/h3-11,15,18,21H,12-13H2,1-2H3/p+1/t15-,18-/m0/s1. The number of nitrogens with two attached hydrogens (primary N) is 1. The topological polar surface area (TPSA) is 54.0 Å². The lowest BCUT2D eigenvalue weighted by molar-refractivity contribution is -0.676. The number of imide groups is 1. The van der Waals surface area contributed by atoms with Gasteiger partial charge in [0.05, 0.1) is 18.7 Å². The van der Waals surface area contributed by atoms with Crippen molar-refractivity contribution < 1.29 is 14.9 Å². The maximum Gasteiger partial charge on any atom is 0.292 e. The van der Waals surface area contributed by atoms with E-state index in [-0.39, 0.29) is 24.3 Å². The molecule has 0 spiro atoms. The van der Waals surface area contributed by atoms with Gasteiger partial charge in [-0.25, -0.2) is 4.90 Å². The van der Waals surface area contributed by atoms with Gasteiger partial charge in [0.15, 0.2) is 6.04 Å². The highest BCUT2D eigenvalue weighted by Gasteiger charge is 2.42. The summed E-state index contributed by atoms with van der Waals surface area (Å²) in [4.78, 5) is 26.2. The summed E-state index contributed by atoms with van der Waals surface area (Å²) in [5, 5.41) is 2.01. The summed E-state index contributed by atoms with van der Waals surface area (Å²) in [5.74, 6) is 0.115. The number of anilines is 1. The zero-order chi connectivity index (χ0) is 17.1. The van der Waals surface area contributed by atoms with Crippen molar-refractivity contribution in [2.45, 2.75) is 32.2 Å². The minimum atomic E-state index is -0.315. The Kier molecular flexibility index (Phi) is 4.76. The normalized spacial score (nSPS) is 18.9. The summed E-state index contributed by atoms with van der Waals surface area (Å²) in [7, 11) is 0. The van der Waals surface area contributed by atoms with Crippen LogP contribution in [0.2, 0.25) is 0 Å². The Morgan fingerprint density at radius 1 is 1.08 bits per heavy atom. The molecule has 1 heterocycles. The SMILES string of the molecule is Cc1ccc(N2C(=O)C[C@H]([NH2+]C[C@H](C)c3ccccc3)C2=O)cc1. The highest BCUT2D eigenvalue weighted by atomic mass is 16.2. The molecule has 24 heavy (non-hydrogen) atoms. The van der Waals surface area contributed by atoms with Crippen molar-refractivity contribution in [1.29, 1.82) is 0 Å². The van der Waals surface area contributed by atoms with Gasteiger partial charge in [-0.3, -0.25) is 9.59 Å². The van der Waals surface area contributed by atoms with Crippen molar-refractivity contribution in [3.8, 4) is 0 Å². The van der Waals surface area contributed by atoms with Crippen molar-refractivity contribution in [3.05, 3.63) is 65.7 Å². The second kappa shape index (κ2) is 6.97. The molecule has 124 valence electrons. The van der Waals surface area contributed by atoms with E-state index in [1.807, 2.05) is 54.7 Å². The molecule has 0 bridgehead atoms. The van der Waals surface area contributed by atoms with E-state index in [4.69, 9.17) is 0 Å². The van der Waals surface area contributed by atoms with Gasteiger partial charge in [-0.1, -0.05) is 55.0 Å². The highest BCUT2D eigenvalue weighted by Crippen LogP contribution is 2.22. The third kappa shape index (κ3) is 3.39. The third-order valence-electron chi connectivity index (χ3n) is 4.62. The molecule has 4 nitrogen and oxygen atoms in total. The Bertz CT molecular complexity index is 725. The van der Waals surface area contributed by atoms with Crippen LogP contribution in [0.1, 0.15) is 30.4 Å². The number of benzene rings is 2. The second-order valence-corrected chi connectivity index (χ2v) is 6.50. The molecule has 3 rings (SSSR count). The first-order chi connectivity index (χ1) is 11.6. The molecule has 2 amide bonds. The molecule has 1 aliphatic rings. The fourth-order valence-electron chi connectivity index (χ4n) is 3.09. The van der Waals surface area contributed by atoms with Crippen molar-refractivity contribution in [1.82, 2.24) is 0 Å².